The predicted octanol–water partition coefficient (Wildman–Crippen LogP) is 3.10. The molecule has 5 nitrogen and oxygen atoms in total. The molecule has 1 aliphatic carbocycles. The van der Waals surface area contributed by atoms with E-state index in [-0.39, 0.29) is 0 Å². The predicted molar refractivity (Wildman–Crippen MR) is 75.7 cm³/mol. The summed E-state index contributed by atoms with van der Waals surface area (Å²) in [6.45, 7) is 0.824. The number of aromatic nitrogens is 3. The van der Waals surface area contributed by atoms with Gasteiger partial charge in [-0.3, -0.25) is 0 Å². The lowest BCUT2D eigenvalue weighted by atomic mass is 9.87. The van der Waals surface area contributed by atoms with Crippen molar-refractivity contribution in [1.29, 1.82) is 0 Å². The summed E-state index contributed by atoms with van der Waals surface area (Å²) in [7, 11) is 0. The van der Waals surface area contributed by atoms with Gasteiger partial charge >= 0.3 is 5.97 Å². The molecule has 0 bridgehead atoms. The summed E-state index contributed by atoms with van der Waals surface area (Å²) >= 11 is 0. The molecule has 2 aromatic rings. The lowest BCUT2D eigenvalue weighted by Gasteiger charge is -2.21. The lowest BCUT2D eigenvalue weighted by Crippen LogP contribution is -2.11. The Bertz CT molecular complexity index is 615. The molecule has 20 heavy (non-hydrogen) atoms. The van der Waals surface area contributed by atoms with Gasteiger partial charge in [-0.15, -0.1) is 5.10 Å². The van der Waals surface area contributed by atoms with Crippen molar-refractivity contribution in [2.45, 2.75) is 45.1 Å². The fourth-order valence-electron chi connectivity index (χ4n) is 3.04. The molecule has 1 heterocycles. The van der Waals surface area contributed by atoms with Crippen LogP contribution in [0.2, 0.25) is 0 Å². The van der Waals surface area contributed by atoms with Crippen molar-refractivity contribution in [3.05, 3.63) is 23.8 Å². The molecule has 3 rings (SSSR count). The zero-order valence-electron chi connectivity index (χ0n) is 11.5. The minimum absolute atomic E-state index is 0.290. The van der Waals surface area contributed by atoms with Gasteiger partial charge in [-0.05, 0) is 30.5 Å². The normalized spacial score (nSPS) is 16.6. The van der Waals surface area contributed by atoms with Gasteiger partial charge in [0.15, 0.2) is 0 Å². The van der Waals surface area contributed by atoms with Crippen molar-refractivity contribution in [3.63, 3.8) is 0 Å². The quantitative estimate of drug-likeness (QED) is 0.929. The molecular weight excluding hydrogens is 254 g/mol. The van der Waals surface area contributed by atoms with Gasteiger partial charge in [0.05, 0.1) is 11.1 Å². The van der Waals surface area contributed by atoms with Crippen LogP contribution in [0.4, 0.5) is 0 Å². The number of rotatable bonds is 4. The third kappa shape index (κ3) is 2.66. The molecule has 0 aliphatic heterocycles. The fraction of sp³-hybridized carbons (Fsp3) is 0.533. The Morgan fingerprint density at radius 3 is 2.85 bits per heavy atom. The Balaban J connectivity index is 1.76. The summed E-state index contributed by atoms with van der Waals surface area (Å²) in [6, 6.07) is 4.96. The first-order valence-electron chi connectivity index (χ1n) is 7.30. The van der Waals surface area contributed by atoms with E-state index in [1.54, 1.807) is 18.2 Å². The smallest absolute Gasteiger partial charge is 0.335 e. The average molecular weight is 273 g/mol. The van der Waals surface area contributed by atoms with Crippen molar-refractivity contribution in [1.82, 2.24) is 15.0 Å². The van der Waals surface area contributed by atoms with Crippen molar-refractivity contribution in [2.24, 2.45) is 5.92 Å². The molecule has 0 radical (unpaired) electrons. The summed E-state index contributed by atoms with van der Waals surface area (Å²) in [6.07, 6.45) is 7.78. The molecule has 0 amide bonds. The first kappa shape index (κ1) is 13.1. The van der Waals surface area contributed by atoms with Crippen LogP contribution in [0.25, 0.3) is 11.0 Å². The van der Waals surface area contributed by atoms with Gasteiger partial charge in [0.25, 0.3) is 0 Å². The first-order valence-corrected chi connectivity index (χ1v) is 7.30. The number of carboxylic acid groups (broad SMARTS) is 1. The summed E-state index contributed by atoms with van der Waals surface area (Å²) in [4.78, 5) is 11.0. The van der Waals surface area contributed by atoms with Gasteiger partial charge in [-0.25, -0.2) is 9.48 Å². The topological polar surface area (TPSA) is 68.0 Å². The molecule has 1 aliphatic rings. The molecule has 1 aromatic heterocycles. The van der Waals surface area contributed by atoms with Crippen LogP contribution < -0.4 is 0 Å². The van der Waals surface area contributed by atoms with Gasteiger partial charge in [0.1, 0.15) is 5.52 Å². The van der Waals surface area contributed by atoms with E-state index in [1.165, 1.54) is 32.1 Å². The van der Waals surface area contributed by atoms with Gasteiger partial charge in [0, 0.05) is 6.54 Å². The highest BCUT2D eigenvalue weighted by atomic mass is 16.4. The number of benzene rings is 1. The van der Waals surface area contributed by atoms with Crippen LogP contribution >= 0.6 is 0 Å². The highest BCUT2D eigenvalue weighted by molar-refractivity contribution is 5.92. The summed E-state index contributed by atoms with van der Waals surface area (Å²) in [5, 5.41) is 17.3. The summed E-state index contributed by atoms with van der Waals surface area (Å²) in [5.74, 6) is -0.127. The number of aromatic carboxylic acids is 1. The number of aryl methyl sites for hydroxylation is 1. The monoisotopic (exact) mass is 273 g/mol. The Hall–Kier alpha value is -1.91. The molecule has 1 N–H and O–H groups in total. The van der Waals surface area contributed by atoms with Crippen molar-refractivity contribution >= 4 is 17.0 Å². The number of fused-ring (bicyclic) bond motifs is 1. The lowest BCUT2D eigenvalue weighted by molar-refractivity contribution is 0.0697. The Morgan fingerprint density at radius 2 is 2.10 bits per heavy atom. The van der Waals surface area contributed by atoms with Crippen LogP contribution in [-0.2, 0) is 6.54 Å². The standard InChI is InChI=1S/C15H19N3O2/c19-15(20)12-6-7-13-14(10-12)18(17-16-13)9-8-11-4-2-1-3-5-11/h6-7,10-11H,1-5,8-9H2,(H,19,20). The molecule has 0 atom stereocenters. The highest BCUT2D eigenvalue weighted by Crippen LogP contribution is 2.27. The average Bonchev–Trinajstić information content (AvgIpc) is 2.88. The zero-order valence-corrected chi connectivity index (χ0v) is 11.5. The molecule has 1 aromatic carbocycles. The second-order valence-corrected chi connectivity index (χ2v) is 5.61. The second-order valence-electron chi connectivity index (χ2n) is 5.61. The van der Waals surface area contributed by atoms with E-state index >= 15 is 0 Å². The van der Waals surface area contributed by atoms with Gasteiger partial charge in [-0.1, -0.05) is 37.3 Å². The fourth-order valence-corrected chi connectivity index (χ4v) is 3.04. The number of hydrogen-bond acceptors (Lipinski definition) is 3. The highest BCUT2D eigenvalue weighted by Gasteiger charge is 2.15. The van der Waals surface area contributed by atoms with E-state index in [1.807, 2.05) is 4.68 Å². The molecule has 0 unspecified atom stereocenters. The van der Waals surface area contributed by atoms with Crippen molar-refractivity contribution in [3.8, 4) is 0 Å². The van der Waals surface area contributed by atoms with Crippen LogP contribution in [0.15, 0.2) is 18.2 Å². The number of nitrogens with zero attached hydrogens (tertiary/aromatic N) is 3. The second kappa shape index (κ2) is 5.61. The van der Waals surface area contributed by atoms with Crippen LogP contribution in [0.5, 0.6) is 0 Å². The molecule has 5 heteroatoms. The Morgan fingerprint density at radius 1 is 1.30 bits per heavy atom. The third-order valence-corrected chi connectivity index (χ3v) is 4.23. The maximum atomic E-state index is 11.0. The van der Waals surface area contributed by atoms with Crippen LogP contribution in [0, 0.1) is 5.92 Å². The Kier molecular flexibility index (Phi) is 3.67. The SMILES string of the molecule is O=C(O)c1ccc2nnn(CCC3CCCCC3)c2c1. The maximum absolute atomic E-state index is 11.0. The minimum atomic E-state index is -0.910. The summed E-state index contributed by atoms with van der Waals surface area (Å²) < 4.78 is 1.84. The van der Waals surface area contributed by atoms with Crippen LogP contribution in [-0.4, -0.2) is 26.1 Å². The third-order valence-electron chi connectivity index (χ3n) is 4.23. The van der Waals surface area contributed by atoms with Crippen LogP contribution in [0.3, 0.4) is 0 Å². The maximum Gasteiger partial charge on any atom is 0.335 e. The zero-order chi connectivity index (χ0) is 13.9. The molecule has 0 spiro atoms. The van der Waals surface area contributed by atoms with Crippen molar-refractivity contribution in [2.75, 3.05) is 0 Å². The van der Waals surface area contributed by atoms with E-state index < -0.39 is 5.97 Å². The summed E-state index contributed by atoms with van der Waals surface area (Å²) in [5.41, 5.74) is 1.87. The van der Waals surface area contributed by atoms with Gasteiger partial charge in [-0.2, -0.15) is 0 Å². The van der Waals surface area contributed by atoms with E-state index in [2.05, 4.69) is 10.3 Å². The van der Waals surface area contributed by atoms with E-state index in [0.29, 0.717) is 5.56 Å². The number of carboxylic acids is 1. The number of hydrogen-bond donors (Lipinski definition) is 1. The molecule has 1 fully saturated rings. The van der Waals surface area contributed by atoms with Gasteiger partial charge < -0.3 is 5.11 Å². The first-order chi connectivity index (χ1) is 9.74. The van der Waals surface area contributed by atoms with Crippen molar-refractivity contribution < 1.29 is 9.90 Å². The van der Waals surface area contributed by atoms with Crippen LogP contribution in [0.1, 0.15) is 48.9 Å². The molecule has 0 saturated heterocycles. The Labute approximate surface area is 117 Å². The minimum Gasteiger partial charge on any atom is -0.478 e. The number of carbonyl (C=O) groups is 1. The van der Waals surface area contributed by atoms with Gasteiger partial charge in [0.2, 0.25) is 0 Å². The van der Waals surface area contributed by atoms with E-state index in [0.717, 1.165) is 29.9 Å². The molecule has 106 valence electrons. The largest absolute Gasteiger partial charge is 0.478 e. The molecule has 1 saturated carbocycles. The molecular formula is C15H19N3O2. The van der Waals surface area contributed by atoms with E-state index in [4.69, 9.17) is 5.11 Å². The van der Waals surface area contributed by atoms with E-state index in [9.17, 15) is 4.79 Å².